The van der Waals surface area contributed by atoms with Gasteiger partial charge in [-0.25, -0.2) is 4.98 Å². The van der Waals surface area contributed by atoms with Crippen LogP contribution >= 0.6 is 27.3 Å². The van der Waals surface area contributed by atoms with E-state index in [-0.39, 0.29) is 0 Å². The SMILES string of the molecule is NCc1ncc(-c2ccccc2Br)s1. The van der Waals surface area contributed by atoms with Crippen molar-refractivity contribution in [3.8, 4) is 10.4 Å². The van der Waals surface area contributed by atoms with Crippen LogP contribution in [0.4, 0.5) is 0 Å². The molecule has 0 saturated heterocycles. The molecule has 2 N–H and O–H groups in total. The fourth-order valence-electron chi connectivity index (χ4n) is 1.19. The summed E-state index contributed by atoms with van der Waals surface area (Å²) in [7, 11) is 0. The zero-order valence-electron chi connectivity index (χ0n) is 7.40. The van der Waals surface area contributed by atoms with Crippen molar-refractivity contribution in [1.82, 2.24) is 4.98 Å². The Balaban J connectivity index is 2.44. The molecule has 14 heavy (non-hydrogen) atoms. The lowest BCUT2D eigenvalue weighted by molar-refractivity contribution is 1.04. The molecule has 0 aliphatic carbocycles. The van der Waals surface area contributed by atoms with Gasteiger partial charge in [0, 0.05) is 22.8 Å². The molecule has 0 atom stereocenters. The first-order valence-electron chi connectivity index (χ1n) is 4.21. The predicted octanol–water partition coefficient (Wildman–Crippen LogP) is 3.03. The van der Waals surface area contributed by atoms with Gasteiger partial charge in [0.1, 0.15) is 5.01 Å². The molecule has 0 aliphatic heterocycles. The third-order valence-electron chi connectivity index (χ3n) is 1.87. The van der Waals surface area contributed by atoms with Gasteiger partial charge in [0.05, 0.1) is 4.88 Å². The Morgan fingerprint density at radius 1 is 1.36 bits per heavy atom. The van der Waals surface area contributed by atoms with Gasteiger partial charge >= 0.3 is 0 Å². The Labute approximate surface area is 94.9 Å². The molecule has 2 aromatic rings. The van der Waals surface area contributed by atoms with E-state index in [0.29, 0.717) is 6.54 Å². The van der Waals surface area contributed by atoms with Crippen LogP contribution in [0.15, 0.2) is 34.9 Å². The lowest BCUT2D eigenvalue weighted by Gasteiger charge is -1.98. The summed E-state index contributed by atoms with van der Waals surface area (Å²) >= 11 is 5.15. The van der Waals surface area contributed by atoms with E-state index >= 15 is 0 Å². The maximum atomic E-state index is 5.52. The molecule has 0 saturated carbocycles. The van der Waals surface area contributed by atoms with Crippen LogP contribution in [0.25, 0.3) is 10.4 Å². The van der Waals surface area contributed by atoms with E-state index < -0.39 is 0 Å². The van der Waals surface area contributed by atoms with Crippen molar-refractivity contribution >= 4 is 27.3 Å². The molecule has 0 unspecified atom stereocenters. The lowest BCUT2D eigenvalue weighted by atomic mass is 10.2. The second-order valence-corrected chi connectivity index (χ2v) is 4.77. The molecule has 0 spiro atoms. The molecule has 4 heteroatoms. The summed E-state index contributed by atoms with van der Waals surface area (Å²) in [6.07, 6.45) is 1.87. The predicted molar refractivity (Wildman–Crippen MR) is 63.1 cm³/mol. The van der Waals surface area contributed by atoms with E-state index in [9.17, 15) is 0 Å². The number of nitrogens with zero attached hydrogens (tertiary/aromatic N) is 1. The van der Waals surface area contributed by atoms with E-state index in [2.05, 4.69) is 27.0 Å². The molecule has 0 radical (unpaired) electrons. The van der Waals surface area contributed by atoms with Crippen LogP contribution in [0.2, 0.25) is 0 Å². The summed E-state index contributed by atoms with van der Waals surface area (Å²) in [5.74, 6) is 0. The van der Waals surface area contributed by atoms with Crippen LogP contribution in [-0.2, 0) is 6.54 Å². The number of thiazole rings is 1. The number of halogens is 1. The number of benzene rings is 1. The molecule has 2 nitrogen and oxygen atoms in total. The van der Waals surface area contributed by atoms with Crippen molar-refractivity contribution in [2.75, 3.05) is 0 Å². The first-order chi connectivity index (χ1) is 6.81. The van der Waals surface area contributed by atoms with Gasteiger partial charge in [0.25, 0.3) is 0 Å². The highest BCUT2D eigenvalue weighted by atomic mass is 79.9. The highest BCUT2D eigenvalue weighted by Crippen LogP contribution is 2.31. The monoisotopic (exact) mass is 268 g/mol. The standard InChI is InChI=1S/C10H9BrN2S/c11-8-4-2-1-3-7(8)9-6-13-10(5-12)14-9/h1-4,6H,5,12H2. The number of rotatable bonds is 2. The van der Waals surface area contributed by atoms with Gasteiger partial charge in [-0.15, -0.1) is 11.3 Å². The van der Waals surface area contributed by atoms with Crippen LogP contribution in [-0.4, -0.2) is 4.98 Å². The van der Waals surface area contributed by atoms with Crippen molar-refractivity contribution in [3.63, 3.8) is 0 Å². The van der Waals surface area contributed by atoms with Gasteiger partial charge in [0.15, 0.2) is 0 Å². The van der Waals surface area contributed by atoms with Crippen LogP contribution < -0.4 is 5.73 Å². The number of hydrogen-bond acceptors (Lipinski definition) is 3. The van der Waals surface area contributed by atoms with Gasteiger partial charge < -0.3 is 5.73 Å². The second-order valence-electron chi connectivity index (χ2n) is 2.80. The van der Waals surface area contributed by atoms with Crippen LogP contribution in [0, 0.1) is 0 Å². The van der Waals surface area contributed by atoms with Crippen molar-refractivity contribution in [1.29, 1.82) is 0 Å². The molecule has 0 amide bonds. The van der Waals surface area contributed by atoms with E-state index in [1.165, 1.54) is 5.56 Å². The molecular formula is C10H9BrN2S. The molecule has 0 fully saturated rings. The van der Waals surface area contributed by atoms with E-state index in [1.54, 1.807) is 11.3 Å². The minimum absolute atomic E-state index is 0.509. The fourth-order valence-corrected chi connectivity index (χ4v) is 2.66. The van der Waals surface area contributed by atoms with Crippen LogP contribution in [0.3, 0.4) is 0 Å². The molecule has 0 aliphatic rings. The van der Waals surface area contributed by atoms with Gasteiger partial charge in [0.2, 0.25) is 0 Å². The number of nitrogens with two attached hydrogens (primary N) is 1. The Bertz CT molecular complexity index is 439. The minimum Gasteiger partial charge on any atom is -0.325 e. The first-order valence-corrected chi connectivity index (χ1v) is 5.82. The first kappa shape index (κ1) is 9.83. The lowest BCUT2D eigenvalue weighted by Crippen LogP contribution is -1.93. The zero-order chi connectivity index (χ0) is 9.97. The zero-order valence-corrected chi connectivity index (χ0v) is 9.81. The summed E-state index contributed by atoms with van der Waals surface area (Å²) in [4.78, 5) is 5.38. The quantitative estimate of drug-likeness (QED) is 0.910. The summed E-state index contributed by atoms with van der Waals surface area (Å²) in [5, 5.41) is 0.968. The summed E-state index contributed by atoms with van der Waals surface area (Å²) in [5.41, 5.74) is 6.69. The van der Waals surface area contributed by atoms with Crippen molar-refractivity contribution in [2.24, 2.45) is 5.73 Å². The third kappa shape index (κ3) is 1.87. The Hall–Kier alpha value is -0.710. The van der Waals surface area contributed by atoms with Gasteiger partial charge in [-0.05, 0) is 6.07 Å². The van der Waals surface area contributed by atoms with Crippen molar-refractivity contribution < 1.29 is 0 Å². The summed E-state index contributed by atoms with van der Waals surface area (Å²) in [6.45, 7) is 0.509. The normalized spacial score (nSPS) is 10.4. The molecule has 72 valence electrons. The molecule has 1 heterocycles. The average Bonchev–Trinajstić information content (AvgIpc) is 2.67. The Morgan fingerprint density at radius 3 is 2.79 bits per heavy atom. The highest BCUT2D eigenvalue weighted by Gasteiger charge is 2.05. The van der Waals surface area contributed by atoms with Gasteiger partial charge in [-0.1, -0.05) is 34.1 Å². The average molecular weight is 269 g/mol. The molecule has 0 bridgehead atoms. The van der Waals surface area contributed by atoms with Gasteiger partial charge in [-0.2, -0.15) is 0 Å². The summed E-state index contributed by atoms with van der Waals surface area (Å²) in [6, 6.07) is 8.11. The highest BCUT2D eigenvalue weighted by molar-refractivity contribution is 9.10. The molecule has 2 rings (SSSR count). The second kappa shape index (κ2) is 4.21. The van der Waals surface area contributed by atoms with Crippen molar-refractivity contribution in [2.45, 2.75) is 6.54 Å². The van der Waals surface area contributed by atoms with E-state index in [0.717, 1.165) is 14.4 Å². The largest absolute Gasteiger partial charge is 0.325 e. The van der Waals surface area contributed by atoms with Crippen LogP contribution in [0.1, 0.15) is 5.01 Å². The Morgan fingerprint density at radius 2 is 2.14 bits per heavy atom. The topological polar surface area (TPSA) is 38.9 Å². The fraction of sp³-hybridized carbons (Fsp3) is 0.100. The molecule has 1 aromatic carbocycles. The number of aromatic nitrogens is 1. The van der Waals surface area contributed by atoms with Gasteiger partial charge in [-0.3, -0.25) is 0 Å². The maximum Gasteiger partial charge on any atom is 0.107 e. The van der Waals surface area contributed by atoms with Crippen molar-refractivity contribution in [3.05, 3.63) is 39.9 Å². The number of hydrogen-bond donors (Lipinski definition) is 1. The third-order valence-corrected chi connectivity index (χ3v) is 3.61. The molecular weight excluding hydrogens is 260 g/mol. The van der Waals surface area contributed by atoms with E-state index in [4.69, 9.17) is 5.73 Å². The van der Waals surface area contributed by atoms with Crippen LogP contribution in [0.5, 0.6) is 0 Å². The van der Waals surface area contributed by atoms with E-state index in [1.807, 2.05) is 24.4 Å². The maximum absolute atomic E-state index is 5.52. The smallest absolute Gasteiger partial charge is 0.107 e. The minimum atomic E-state index is 0.509. The molecule has 1 aromatic heterocycles. The Kier molecular flexibility index (Phi) is 2.96. The summed E-state index contributed by atoms with van der Waals surface area (Å²) < 4.78 is 1.09.